The van der Waals surface area contributed by atoms with Crippen molar-refractivity contribution in [2.75, 3.05) is 7.11 Å². The van der Waals surface area contributed by atoms with E-state index in [1.807, 2.05) is 43.5 Å². The molecule has 4 rings (SSSR count). The molecule has 1 aliphatic heterocycles. The molecule has 0 radical (unpaired) electrons. The fourth-order valence-corrected chi connectivity index (χ4v) is 4.31. The Labute approximate surface area is 188 Å². The summed E-state index contributed by atoms with van der Waals surface area (Å²) in [4.78, 5) is 42.8. The van der Waals surface area contributed by atoms with Gasteiger partial charge in [-0.2, -0.15) is 0 Å². The molecule has 1 aliphatic rings. The number of aryl methyl sites for hydroxylation is 2. The number of esters is 1. The quantitative estimate of drug-likeness (QED) is 0.419. The maximum atomic E-state index is 12.9. The average Bonchev–Trinajstić information content (AvgIpc) is 3.42. The minimum atomic E-state index is -0.622. The number of hydrogen-bond acceptors (Lipinski definition) is 7. The number of methoxy groups -OCH3 is 1. The molecule has 0 unspecified atom stereocenters. The first kappa shape index (κ1) is 21.6. The summed E-state index contributed by atoms with van der Waals surface area (Å²) in [5, 5.41) is -0.397. The minimum Gasteiger partial charge on any atom is -0.463 e. The maximum Gasteiger partial charge on any atom is 0.373 e. The Hall–Kier alpha value is -3.59. The number of carbonyl (C=O) groups excluding carboxylic acids is 3. The van der Waals surface area contributed by atoms with E-state index in [0.717, 1.165) is 45.0 Å². The Kier molecular flexibility index (Phi) is 5.75. The minimum absolute atomic E-state index is 0.0159. The van der Waals surface area contributed by atoms with Crippen molar-refractivity contribution in [1.29, 1.82) is 0 Å². The summed E-state index contributed by atoms with van der Waals surface area (Å²) in [6.45, 7) is 5.83. The highest BCUT2D eigenvalue weighted by Gasteiger charge is 2.36. The normalized spacial score (nSPS) is 15.1. The molecule has 164 valence electrons. The van der Waals surface area contributed by atoms with Gasteiger partial charge in [-0.05, 0) is 74.0 Å². The van der Waals surface area contributed by atoms with E-state index in [2.05, 4.69) is 9.72 Å². The molecular weight excluding hydrogens is 430 g/mol. The van der Waals surface area contributed by atoms with Gasteiger partial charge in [-0.1, -0.05) is 6.07 Å². The van der Waals surface area contributed by atoms with Gasteiger partial charge < -0.3 is 13.7 Å². The second-order valence-corrected chi connectivity index (χ2v) is 8.37. The van der Waals surface area contributed by atoms with E-state index >= 15 is 0 Å². The predicted molar refractivity (Wildman–Crippen MR) is 119 cm³/mol. The highest BCUT2D eigenvalue weighted by Crippen LogP contribution is 2.34. The highest BCUT2D eigenvalue weighted by atomic mass is 32.2. The third-order valence-electron chi connectivity index (χ3n) is 5.12. The number of carbonyl (C=O) groups is 3. The zero-order valence-electron chi connectivity index (χ0n) is 18.0. The van der Waals surface area contributed by atoms with E-state index in [4.69, 9.17) is 4.42 Å². The van der Waals surface area contributed by atoms with Crippen molar-refractivity contribution in [3.63, 3.8) is 0 Å². The van der Waals surface area contributed by atoms with Crippen LogP contribution in [0, 0.1) is 20.8 Å². The fourth-order valence-electron chi connectivity index (χ4n) is 3.49. The SMILES string of the molecule is COC(=O)c1ccc(CN2C(=O)SC(=Cc3cc(C)n(-c4ccc(C)cn4)c3C)C2=O)o1. The van der Waals surface area contributed by atoms with Crippen LogP contribution in [0.1, 0.15) is 38.8 Å². The Morgan fingerprint density at radius 3 is 2.66 bits per heavy atom. The van der Waals surface area contributed by atoms with Crippen LogP contribution >= 0.6 is 11.8 Å². The second-order valence-electron chi connectivity index (χ2n) is 7.38. The van der Waals surface area contributed by atoms with Gasteiger partial charge >= 0.3 is 5.97 Å². The zero-order valence-corrected chi connectivity index (χ0v) is 18.9. The van der Waals surface area contributed by atoms with Crippen LogP contribution in [0.4, 0.5) is 4.79 Å². The third kappa shape index (κ3) is 3.99. The lowest BCUT2D eigenvalue weighted by atomic mass is 10.2. The van der Waals surface area contributed by atoms with Gasteiger partial charge in [0.25, 0.3) is 11.1 Å². The lowest BCUT2D eigenvalue weighted by molar-refractivity contribution is -0.123. The van der Waals surface area contributed by atoms with Gasteiger partial charge in [-0.3, -0.25) is 14.5 Å². The molecule has 1 fully saturated rings. The summed E-state index contributed by atoms with van der Waals surface area (Å²) < 4.78 is 12.0. The Bertz CT molecular complexity index is 1250. The van der Waals surface area contributed by atoms with Gasteiger partial charge in [0.05, 0.1) is 18.6 Å². The monoisotopic (exact) mass is 451 g/mol. The van der Waals surface area contributed by atoms with Crippen molar-refractivity contribution < 1.29 is 23.5 Å². The molecular formula is C23H21N3O5S. The number of amides is 2. The summed E-state index contributed by atoms with van der Waals surface area (Å²) >= 11 is 0.875. The van der Waals surface area contributed by atoms with Crippen LogP contribution in [0.15, 0.2) is 45.9 Å². The summed E-state index contributed by atoms with van der Waals surface area (Å²) in [5.41, 5.74) is 3.79. The average molecular weight is 452 g/mol. The number of pyridine rings is 1. The van der Waals surface area contributed by atoms with Crippen LogP contribution in [0.25, 0.3) is 11.9 Å². The smallest absolute Gasteiger partial charge is 0.373 e. The summed E-state index contributed by atoms with van der Waals surface area (Å²) in [7, 11) is 1.25. The summed E-state index contributed by atoms with van der Waals surface area (Å²) in [6, 6.07) is 8.89. The standard InChI is InChI=1S/C23H21N3O5S/c1-13-5-8-20(24-11-13)26-14(2)9-16(15(26)3)10-19-21(27)25(23(29)32-19)12-17-6-7-18(31-17)22(28)30-4/h5-11H,12H2,1-4H3. The summed E-state index contributed by atoms with van der Waals surface area (Å²) in [5.74, 6) is 0.0929. The molecule has 8 nitrogen and oxygen atoms in total. The number of aromatic nitrogens is 2. The molecule has 4 heterocycles. The van der Waals surface area contributed by atoms with Gasteiger partial charge in [0.2, 0.25) is 5.76 Å². The summed E-state index contributed by atoms with van der Waals surface area (Å²) in [6.07, 6.45) is 3.53. The zero-order chi connectivity index (χ0) is 23.0. The van der Waals surface area contributed by atoms with E-state index < -0.39 is 17.1 Å². The number of ether oxygens (including phenoxy) is 1. The maximum absolute atomic E-state index is 12.9. The van der Waals surface area contributed by atoms with Crippen LogP contribution in [0.2, 0.25) is 0 Å². The number of furan rings is 1. The van der Waals surface area contributed by atoms with Crippen LogP contribution in [0.5, 0.6) is 0 Å². The molecule has 0 aliphatic carbocycles. The highest BCUT2D eigenvalue weighted by molar-refractivity contribution is 8.18. The third-order valence-corrected chi connectivity index (χ3v) is 6.02. The molecule has 1 saturated heterocycles. The van der Waals surface area contributed by atoms with Crippen LogP contribution < -0.4 is 0 Å². The van der Waals surface area contributed by atoms with E-state index in [1.54, 1.807) is 18.3 Å². The molecule has 0 bridgehead atoms. The first-order valence-electron chi connectivity index (χ1n) is 9.83. The number of imide groups is 1. The molecule has 0 saturated carbocycles. The van der Waals surface area contributed by atoms with Gasteiger partial charge in [0.1, 0.15) is 11.6 Å². The Morgan fingerprint density at radius 1 is 1.19 bits per heavy atom. The van der Waals surface area contributed by atoms with E-state index in [1.165, 1.54) is 13.2 Å². The van der Waals surface area contributed by atoms with Crippen LogP contribution in [-0.4, -0.2) is 38.7 Å². The van der Waals surface area contributed by atoms with Crippen molar-refractivity contribution in [3.05, 3.63) is 75.5 Å². The van der Waals surface area contributed by atoms with Crippen LogP contribution in [0.3, 0.4) is 0 Å². The molecule has 3 aromatic heterocycles. The molecule has 0 N–H and O–H groups in total. The lowest BCUT2D eigenvalue weighted by Gasteiger charge is -2.10. The Morgan fingerprint density at radius 2 is 1.97 bits per heavy atom. The largest absolute Gasteiger partial charge is 0.463 e. The first-order valence-corrected chi connectivity index (χ1v) is 10.6. The molecule has 0 spiro atoms. The number of rotatable bonds is 5. The number of nitrogens with zero attached hydrogens (tertiary/aromatic N) is 3. The van der Waals surface area contributed by atoms with Gasteiger partial charge in [-0.25, -0.2) is 9.78 Å². The van der Waals surface area contributed by atoms with E-state index in [-0.39, 0.29) is 12.3 Å². The van der Waals surface area contributed by atoms with Crippen molar-refractivity contribution in [1.82, 2.24) is 14.5 Å². The van der Waals surface area contributed by atoms with E-state index in [9.17, 15) is 14.4 Å². The lowest BCUT2D eigenvalue weighted by Crippen LogP contribution is -2.27. The molecule has 0 atom stereocenters. The molecule has 3 aromatic rings. The predicted octanol–water partition coefficient (Wildman–Crippen LogP) is 4.41. The van der Waals surface area contributed by atoms with Crippen molar-refractivity contribution >= 4 is 35.0 Å². The van der Waals surface area contributed by atoms with Crippen molar-refractivity contribution in [3.8, 4) is 5.82 Å². The molecule has 0 aromatic carbocycles. The van der Waals surface area contributed by atoms with Gasteiger partial charge in [-0.15, -0.1) is 0 Å². The second kappa shape index (κ2) is 8.51. The topological polar surface area (TPSA) is 94.6 Å². The Balaban J connectivity index is 1.58. The molecule has 9 heteroatoms. The molecule has 2 amide bonds. The van der Waals surface area contributed by atoms with Crippen molar-refractivity contribution in [2.45, 2.75) is 27.3 Å². The van der Waals surface area contributed by atoms with Gasteiger partial charge in [0, 0.05) is 17.6 Å². The van der Waals surface area contributed by atoms with E-state index in [0.29, 0.717) is 10.7 Å². The molecule has 32 heavy (non-hydrogen) atoms. The first-order chi connectivity index (χ1) is 15.3. The van der Waals surface area contributed by atoms with Crippen molar-refractivity contribution in [2.24, 2.45) is 0 Å². The van der Waals surface area contributed by atoms with Crippen LogP contribution in [-0.2, 0) is 16.1 Å². The number of hydrogen-bond donors (Lipinski definition) is 0. The number of thioether (sulfide) groups is 1. The van der Waals surface area contributed by atoms with Gasteiger partial charge in [0.15, 0.2) is 0 Å². The fraction of sp³-hybridized carbons (Fsp3) is 0.217.